The summed E-state index contributed by atoms with van der Waals surface area (Å²) >= 11 is 2.20. The topological polar surface area (TPSA) is 180 Å². The first-order valence-corrected chi connectivity index (χ1v) is 16.4. The van der Waals surface area contributed by atoms with Gasteiger partial charge in [0, 0.05) is 21.4 Å². The van der Waals surface area contributed by atoms with Gasteiger partial charge >= 0.3 is 5.69 Å². The zero-order valence-corrected chi connectivity index (χ0v) is 27.1. The Kier molecular flexibility index (Phi) is 15.9. The molecule has 0 radical (unpaired) electrons. The molecular formula is C27H35IN4O11S. The third-order valence-electron chi connectivity index (χ3n) is 5.50. The monoisotopic (exact) mass is 750 g/mol. The second kappa shape index (κ2) is 19.6. The first-order valence-electron chi connectivity index (χ1n) is 13.5. The standard InChI is InChI=1S/C27H35IN4O11S/c1-44(35,36)43-16-14-41-12-10-39-8-6-37-5-7-38-9-11-40-13-15-42-26-19-24-23(18-25(26)32(33)34)27(30-20-29-24)31-22-4-2-3-21(28)17-22/h2-4,17-20H,5-16H2,1H3,(H,29,30,31). The fourth-order valence-electron chi connectivity index (χ4n) is 3.57. The Labute approximate surface area is 268 Å². The lowest BCUT2D eigenvalue weighted by Crippen LogP contribution is -2.15. The van der Waals surface area contributed by atoms with E-state index in [-0.39, 0.29) is 37.9 Å². The lowest BCUT2D eigenvalue weighted by Gasteiger charge is -2.11. The highest BCUT2D eigenvalue weighted by Gasteiger charge is 2.19. The number of fused-ring (bicyclic) bond motifs is 1. The highest BCUT2D eigenvalue weighted by molar-refractivity contribution is 14.1. The van der Waals surface area contributed by atoms with Gasteiger partial charge in [-0.1, -0.05) is 6.07 Å². The highest BCUT2D eigenvalue weighted by Crippen LogP contribution is 2.34. The molecule has 3 aromatic rings. The quantitative estimate of drug-likeness (QED) is 0.0490. The molecule has 1 heterocycles. The number of hydrogen-bond donors (Lipinski definition) is 1. The average Bonchev–Trinajstić information content (AvgIpc) is 2.97. The summed E-state index contributed by atoms with van der Waals surface area (Å²) in [6.45, 7) is 3.37. The van der Waals surface area contributed by atoms with Gasteiger partial charge in [0.05, 0.1) is 94.8 Å². The van der Waals surface area contributed by atoms with Crippen molar-refractivity contribution in [3.8, 4) is 5.75 Å². The van der Waals surface area contributed by atoms with Crippen molar-refractivity contribution in [2.24, 2.45) is 0 Å². The summed E-state index contributed by atoms with van der Waals surface area (Å²) in [6.07, 6.45) is 2.37. The van der Waals surface area contributed by atoms with Crippen molar-refractivity contribution < 1.29 is 45.9 Å². The molecule has 0 unspecified atom stereocenters. The van der Waals surface area contributed by atoms with Crippen LogP contribution in [0.15, 0.2) is 42.7 Å². The van der Waals surface area contributed by atoms with Gasteiger partial charge in [-0.25, -0.2) is 9.97 Å². The van der Waals surface area contributed by atoms with Gasteiger partial charge in [-0.3, -0.25) is 14.3 Å². The Morgan fingerprint density at radius 2 is 1.39 bits per heavy atom. The number of aromatic nitrogens is 2. The SMILES string of the molecule is CS(=O)(=O)OCCOCCOCCOCCOCCOCCOc1cc2ncnc(Nc3cccc(I)c3)c2cc1[N+](=O)[O-]. The van der Waals surface area contributed by atoms with Gasteiger partial charge in [-0.15, -0.1) is 0 Å². The molecule has 2 aromatic carbocycles. The van der Waals surface area contributed by atoms with E-state index in [0.717, 1.165) is 15.5 Å². The third kappa shape index (κ3) is 13.9. The second-order valence-electron chi connectivity index (χ2n) is 8.89. The van der Waals surface area contributed by atoms with E-state index in [4.69, 9.17) is 28.4 Å². The van der Waals surface area contributed by atoms with Crippen molar-refractivity contribution in [2.45, 2.75) is 0 Å². The van der Waals surface area contributed by atoms with E-state index in [1.807, 2.05) is 24.3 Å². The first-order chi connectivity index (χ1) is 21.2. The van der Waals surface area contributed by atoms with Gasteiger partial charge < -0.3 is 33.7 Å². The average molecular weight is 751 g/mol. The normalized spacial score (nSPS) is 11.6. The van der Waals surface area contributed by atoms with Crippen molar-refractivity contribution >= 4 is 60.8 Å². The predicted octanol–water partition coefficient (Wildman–Crippen LogP) is 3.32. The van der Waals surface area contributed by atoms with Gasteiger partial charge in [0.15, 0.2) is 5.75 Å². The lowest BCUT2D eigenvalue weighted by molar-refractivity contribution is -0.385. The molecule has 0 aliphatic rings. The zero-order valence-electron chi connectivity index (χ0n) is 24.1. The molecule has 3 rings (SSSR count). The van der Waals surface area contributed by atoms with Gasteiger partial charge in [0.2, 0.25) is 0 Å². The molecule has 242 valence electrons. The van der Waals surface area contributed by atoms with Gasteiger partial charge in [-0.05, 0) is 40.8 Å². The molecule has 1 N–H and O–H groups in total. The molecule has 17 heteroatoms. The van der Waals surface area contributed by atoms with Crippen LogP contribution in [0.2, 0.25) is 0 Å². The number of anilines is 2. The summed E-state index contributed by atoms with van der Waals surface area (Å²) < 4.78 is 59.7. The summed E-state index contributed by atoms with van der Waals surface area (Å²) in [4.78, 5) is 19.8. The number of nitrogens with zero attached hydrogens (tertiary/aromatic N) is 3. The molecule has 0 aliphatic heterocycles. The van der Waals surface area contributed by atoms with Crippen molar-refractivity contribution in [1.82, 2.24) is 9.97 Å². The Hall–Kier alpha value is -2.78. The molecule has 44 heavy (non-hydrogen) atoms. The molecule has 0 fully saturated rings. The van der Waals surface area contributed by atoms with E-state index in [9.17, 15) is 18.5 Å². The lowest BCUT2D eigenvalue weighted by atomic mass is 10.2. The number of ether oxygens (including phenoxy) is 6. The number of hydrogen-bond acceptors (Lipinski definition) is 14. The largest absolute Gasteiger partial charge is 0.484 e. The summed E-state index contributed by atoms with van der Waals surface area (Å²) in [5, 5.41) is 15.5. The van der Waals surface area contributed by atoms with Crippen LogP contribution in [0.4, 0.5) is 17.2 Å². The van der Waals surface area contributed by atoms with E-state index in [0.29, 0.717) is 69.6 Å². The fraction of sp³-hybridized carbons (Fsp3) is 0.481. The first kappa shape index (κ1) is 35.7. The minimum absolute atomic E-state index is 0.0260. The maximum absolute atomic E-state index is 11.8. The molecule has 0 amide bonds. The molecule has 0 saturated heterocycles. The summed E-state index contributed by atoms with van der Waals surface area (Å²) in [7, 11) is -3.45. The molecule has 0 spiro atoms. The molecule has 0 bridgehead atoms. The second-order valence-corrected chi connectivity index (χ2v) is 11.8. The van der Waals surface area contributed by atoms with Crippen LogP contribution in [0, 0.1) is 13.7 Å². The summed E-state index contributed by atoms with van der Waals surface area (Å²) in [5.74, 6) is 0.543. The number of rotatable bonds is 23. The number of halogens is 1. The Morgan fingerprint density at radius 3 is 1.93 bits per heavy atom. The maximum atomic E-state index is 11.8. The van der Waals surface area contributed by atoms with Gasteiger partial charge in [0.25, 0.3) is 10.1 Å². The van der Waals surface area contributed by atoms with E-state index in [2.05, 4.69) is 42.1 Å². The maximum Gasteiger partial charge on any atom is 0.311 e. The Bertz CT molecular complexity index is 1430. The molecule has 0 atom stereocenters. The van der Waals surface area contributed by atoms with E-state index >= 15 is 0 Å². The van der Waals surface area contributed by atoms with Crippen molar-refractivity contribution in [1.29, 1.82) is 0 Å². The van der Waals surface area contributed by atoms with E-state index < -0.39 is 15.0 Å². The zero-order chi connectivity index (χ0) is 31.6. The van der Waals surface area contributed by atoms with Crippen LogP contribution >= 0.6 is 22.6 Å². The molecule has 1 aromatic heterocycles. The van der Waals surface area contributed by atoms with Crippen LogP contribution in [0.25, 0.3) is 10.9 Å². The van der Waals surface area contributed by atoms with Crippen molar-refractivity contribution in [3.63, 3.8) is 0 Å². The van der Waals surface area contributed by atoms with Crippen LogP contribution in [0.3, 0.4) is 0 Å². The number of nitrogens with one attached hydrogen (secondary N) is 1. The smallest absolute Gasteiger partial charge is 0.311 e. The fourth-order valence-corrected chi connectivity index (χ4v) is 4.48. The third-order valence-corrected chi connectivity index (χ3v) is 6.76. The van der Waals surface area contributed by atoms with Crippen LogP contribution in [-0.4, -0.2) is 109 Å². The minimum Gasteiger partial charge on any atom is -0.484 e. The van der Waals surface area contributed by atoms with E-state index in [1.165, 1.54) is 18.5 Å². The van der Waals surface area contributed by atoms with Crippen molar-refractivity contribution in [3.05, 3.63) is 56.4 Å². The van der Waals surface area contributed by atoms with Crippen molar-refractivity contribution in [2.75, 3.05) is 90.9 Å². The predicted molar refractivity (Wildman–Crippen MR) is 169 cm³/mol. The van der Waals surface area contributed by atoms with Crippen LogP contribution in [0.5, 0.6) is 5.75 Å². The Balaban J connectivity index is 1.25. The Morgan fingerprint density at radius 1 is 0.818 bits per heavy atom. The summed E-state index contributed by atoms with van der Waals surface area (Å²) in [6, 6.07) is 10.6. The van der Waals surface area contributed by atoms with Crippen LogP contribution in [0.1, 0.15) is 0 Å². The molecular weight excluding hydrogens is 715 g/mol. The molecule has 0 saturated carbocycles. The number of benzene rings is 2. The minimum atomic E-state index is -3.45. The number of nitro groups is 1. The molecule has 0 aliphatic carbocycles. The van der Waals surface area contributed by atoms with Crippen LogP contribution < -0.4 is 10.1 Å². The molecule has 15 nitrogen and oxygen atoms in total. The van der Waals surface area contributed by atoms with Crippen LogP contribution in [-0.2, 0) is 38.0 Å². The van der Waals surface area contributed by atoms with Gasteiger partial charge in [0.1, 0.15) is 18.8 Å². The summed E-state index contributed by atoms with van der Waals surface area (Å²) in [5.41, 5.74) is 1.11. The highest BCUT2D eigenvalue weighted by atomic mass is 127. The van der Waals surface area contributed by atoms with E-state index in [1.54, 1.807) is 0 Å². The number of nitro benzene ring substituents is 1. The van der Waals surface area contributed by atoms with Gasteiger partial charge in [-0.2, -0.15) is 8.42 Å².